The summed E-state index contributed by atoms with van der Waals surface area (Å²) in [6.45, 7) is 0.376. The highest BCUT2D eigenvalue weighted by Gasteiger charge is 2.32. The molecule has 1 fully saturated rings. The van der Waals surface area contributed by atoms with E-state index in [0.29, 0.717) is 23.0 Å². The van der Waals surface area contributed by atoms with Crippen molar-refractivity contribution < 1.29 is 9.21 Å². The molecule has 1 N–H and O–H groups in total. The van der Waals surface area contributed by atoms with Crippen LogP contribution in [0.25, 0.3) is 11.1 Å². The molecule has 0 saturated heterocycles. The molecule has 1 aliphatic rings. The molecule has 0 aliphatic heterocycles. The van der Waals surface area contributed by atoms with Crippen molar-refractivity contribution in [1.82, 2.24) is 15.4 Å². The van der Waals surface area contributed by atoms with Crippen LogP contribution in [0, 0.1) is 5.92 Å². The van der Waals surface area contributed by atoms with E-state index in [0.717, 1.165) is 18.4 Å². The van der Waals surface area contributed by atoms with Gasteiger partial charge < -0.3 is 4.42 Å². The maximum absolute atomic E-state index is 11.7. The van der Waals surface area contributed by atoms with Crippen molar-refractivity contribution in [2.45, 2.75) is 19.4 Å². The maximum Gasteiger partial charge on any atom is 0.239 e. The fourth-order valence-electron chi connectivity index (χ4n) is 1.89. The van der Waals surface area contributed by atoms with Crippen molar-refractivity contribution in [1.29, 1.82) is 0 Å². The normalized spacial score (nSPS) is 14.8. The number of amides is 1. The fraction of sp³-hybridized carbons (Fsp3) is 0.385. The van der Waals surface area contributed by atoms with Crippen molar-refractivity contribution in [3.05, 3.63) is 29.1 Å². The molecule has 1 saturated carbocycles. The zero-order valence-electron chi connectivity index (χ0n) is 10.5. The number of nitrogens with one attached hydrogen (secondary N) is 1. The molecule has 1 aliphatic carbocycles. The Morgan fingerprint density at radius 2 is 2.37 bits per heavy atom. The van der Waals surface area contributed by atoms with Crippen molar-refractivity contribution in [3.63, 3.8) is 0 Å². The molecule has 100 valence electrons. The molecule has 1 aromatic carbocycles. The van der Waals surface area contributed by atoms with Gasteiger partial charge in [-0.05, 0) is 31.0 Å². The summed E-state index contributed by atoms with van der Waals surface area (Å²) in [7, 11) is 1.72. The van der Waals surface area contributed by atoms with Crippen molar-refractivity contribution in [2.75, 3.05) is 7.05 Å². The van der Waals surface area contributed by atoms with Gasteiger partial charge in [0.05, 0.1) is 6.54 Å². The van der Waals surface area contributed by atoms with E-state index in [2.05, 4.69) is 10.4 Å². The van der Waals surface area contributed by atoms with Crippen LogP contribution in [0.15, 0.2) is 22.6 Å². The van der Waals surface area contributed by atoms with Crippen molar-refractivity contribution in [2.24, 2.45) is 5.92 Å². The van der Waals surface area contributed by atoms with Crippen LogP contribution in [0.1, 0.15) is 18.7 Å². The minimum absolute atomic E-state index is 0.124. The number of hydrogen-bond acceptors (Lipinski definition) is 4. The third kappa shape index (κ3) is 2.72. The Balaban J connectivity index is 1.66. The third-order valence-electron chi connectivity index (χ3n) is 3.12. The van der Waals surface area contributed by atoms with Crippen LogP contribution in [-0.4, -0.2) is 22.9 Å². The van der Waals surface area contributed by atoms with Gasteiger partial charge in [-0.25, -0.2) is 10.4 Å². The Morgan fingerprint density at radius 1 is 1.58 bits per heavy atom. The number of carbonyl (C=O) groups excluding carboxylic acids is 1. The molecular weight excluding hydrogens is 266 g/mol. The quantitative estimate of drug-likeness (QED) is 0.873. The van der Waals surface area contributed by atoms with Gasteiger partial charge in [-0.3, -0.25) is 9.80 Å². The lowest BCUT2D eigenvalue weighted by Crippen LogP contribution is -2.40. The predicted octanol–water partition coefficient (Wildman–Crippen LogP) is 2.35. The maximum atomic E-state index is 11.7. The highest BCUT2D eigenvalue weighted by molar-refractivity contribution is 6.31. The molecule has 0 spiro atoms. The first-order chi connectivity index (χ1) is 9.13. The number of hydrazine groups is 1. The van der Waals surface area contributed by atoms with E-state index in [-0.39, 0.29) is 11.8 Å². The van der Waals surface area contributed by atoms with Gasteiger partial charge in [0.15, 0.2) is 5.58 Å². The predicted molar refractivity (Wildman–Crippen MR) is 71.4 cm³/mol. The van der Waals surface area contributed by atoms with Gasteiger partial charge >= 0.3 is 0 Å². The summed E-state index contributed by atoms with van der Waals surface area (Å²) in [5.74, 6) is 0.854. The van der Waals surface area contributed by atoms with E-state index < -0.39 is 0 Å². The topological polar surface area (TPSA) is 58.4 Å². The highest BCUT2D eigenvalue weighted by Crippen LogP contribution is 2.30. The number of hydrogen-bond donors (Lipinski definition) is 1. The first-order valence-corrected chi connectivity index (χ1v) is 6.57. The molecule has 3 rings (SSSR count). The number of rotatable bonds is 4. The first-order valence-electron chi connectivity index (χ1n) is 6.19. The van der Waals surface area contributed by atoms with Crippen LogP contribution >= 0.6 is 11.6 Å². The third-order valence-corrected chi connectivity index (χ3v) is 3.35. The summed E-state index contributed by atoms with van der Waals surface area (Å²) in [5, 5.41) is 2.14. The Labute approximate surface area is 115 Å². The smallest absolute Gasteiger partial charge is 0.239 e. The van der Waals surface area contributed by atoms with Gasteiger partial charge in [-0.15, -0.1) is 0 Å². The van der Waals surface area contributed by atoms with E-state index in [4.69, 9.17) is 16.0 Å². The molecule has 0 bridgehead atoms. The van der Waals surface area contributed by atoms with Gasteiger partial charge in [0, 0.05) is 18.0 Å². The summed E-state index contributed by atoms with van der Waals surface area (Å²) in [6.07, 6.45) is 1.98. The van der Waals surface area contributed by atoms with Crippen LogP contribution < -0.4 is 5.43 Å². The van der Waals surface area contributed by atoms with E-state index in [1.165, 1.54) is 5.01 Å². The van der Waals surface area contributed by atoms with Gasteiger partial charge in [-0.1, -0.05) is 11.6 Å². The Bertz CT molecular complexity index is 621. The standard InChI is InChI=1S/C13H14ClN3O2/c1-17(13(18)8-2-3-8)15-7-12-16-10-6-9(14)4-5-11(10)19-12/h4-6,8,15H,2-3,7H2,1H3. The fourth-order valence-corrected chi connectivity index (χ4v) is 2.06. The molecule has 0 atom stereocenters. The Kier molecular flexibility index (Phi) is 3.16. The Hall–Kier alpha value is -1.59. The number of aromatic nitrogens is 1. The zero-order chi connectivity index (χ0) is 13.4. The second kappa shape index (κ2) is 4.83. The largest absolute Gasteiger partial charge is 0.439 e. The molecule has 5 nitrogen and oxygen atoms in total. The number of benzene rings is 1. The molecule has 6 heteroatoms. The van der Waals surface area contributed by atoms with Crippen LogP contribution in [0.2, 0.25) is 5.02 Å². The van der Waals surface area contributed by atoms with Crippen LogP contribution in [-0.2, 0) is 11.3 Å². The second-order valence-electron chi connectivity index (χ2n) is 4.73. The second-order valence-corrected chi connectivity index (χ2v) is 5.16. The van der Waals surface area contributed by atoms with Crippen molar-refractivity contribution >= 4 is 28.6 Å². The van der Waals surface area contributed by atoms with Gasteiger partial charge in [0.1, 0.15) is 5.52 Å². The first kappa shape index (κ1) is 12.4. The van der Waals surface area contributed by atoms with Crippen LogP contribution in [0.5, 0.6) is 0 Å². The lowest BCUT2D eigenvalue weighted by atomic mass is 10.3. The number of carbonyl (C=O) groups is 1. The van der Waals surface area contributed by atoms with E-state index in [9.17, 15) is 4.79 Å². The summed E-state index contributed by atoms with van der Waals surface area (Å²) in [5.41, 5.74) is 4.40. The van der Waals surface area contributed by atoms with Gasteiger partial charge in [0.2, 0.25) is 11.8 Å². The molecule has 19 heavy (non-hydrogen) atoms. The number of halogens is 1. The van der Waals surface area contributed by atoms with Crippen LogP contribution in [0.4, 0.5) is 0 Å². The molecule has 2 aromatic rings. The lowest BCUT2D eigenvalue weighted by molar-refractivity contribution is -0.134. The van der Waals surface area contributed by atoms with Gasteiger partial charge in [-0.2, -0.15) is 0 Å². The summed E-state index contributed by atoms with van der Waals surface area (Å²) >= 11 is 5.89. The van der Waals surface area contributed by atoms with E-state index in [1.807, 2.05) is 0 Å². The van der Waals surface area contributed by atoms with Crippen LogP contribution in [0.3, 0.4) is 0 Å². The van der Waals surface area contributed by atoms with Gasteiger partial charge in [0.25, 0.3) is 0 Å². The highest BCUT2D eigenvalue weighted by atomic mass is 35.5. The van der Waals surface area contributed by atoms with E-state index in [1.54, 1.807) is 25.2 Å². The number of fused-ring (bicyclic) bond motifs is 1. The number of oxazole rings is 1. The SMILES string of the molecule is CN(NCc1nc2cc(Cl)ccc2o1)C(=O)C1CC1. The average molecular weight is 280 g/mol. The summed E-state index contributed by atoms with van der Waals surface area (Å²) in [6, 6.07) is 5.30. The molecule has 0 radical (unpaired) electrons. The average Bonchev–Trinajstić information content (AvgIpc) is 3.16. The molecule has 1 amide bonds. The molecular formula is C13H14ClN3O2. The summed E-state index contributed by atoms with van der Waals surface area (Å²) < 4.78 is 5.56. The lowest BCUT2D eigenvalue weighted by Gasteiger charge is -2.16. The number of nitrogens with zero attached hydrogens (tertiary/aromatic N) is 2. The van der Waals surface area contributed by atoms with E-state index >= 15 is 0 Å². The molecule has 1 heterocycles. The Morgan fingerprint density at radius 3 is 3.11 bits per heavy atom. The van der Waals surface area contributed by atoms with Crippen molar-refractivity contribution in [3.8, 4) is 0 Å². The zero-order valence-corrected chi connectivity index (χ0v) is 11.3. The minimum Gasteiger partial charge on any atom is -0.439 e. The minimum atomic E-state index is 0.124. The monoisotopic (exact) mass is 279 g/mol. The molecule has 0 unspecified atom stereocenters. The molecule has 1 aromatic heterocycles. The summed E-state index contributed by atoms with van der Waals surface area (Å²) in [4.78, 5) is 16.1.